The van der Waals surface area contributed by atoms with Gasteiger partial charge in [0.15, 0.2) is 6.61 Å². The number of amides is 1. The number of para-hydroxylation sites is 1. The first-order valence-corrected chi connectivity index (χ1v) is 9.49. The largest absolute Gasteiger partial charge is 0.452 e. The number of ether oxygens (including phenoxy) is 1. The quantitative estimate of drug-likeness (QED) is 0.796. The molecule has 2 aliphatic rings. The Morgan fingerprint density at radius 3 is 2.81 bits per heavy atom. The number of likely N-dealkylation sites (tertiary alicyclic amines) is 1. The second-order valence-electron chi connectivity index (χ2n) is 7.44. The molecule has 1 fully saturated rings. The monoisotopic (exact) mass is 352 g/mol. The summed E-state index contributed by atoms with van der Waals surface area (Å²) in [7, 11) is 0. The first-order chi connectivity index (χ1) is 12.6. The van der Waals surface area contributed by atoms with Crippen LogP contribution in [0.5, 0.6) is 0 Å². The molecule has 1 atom stereocenters. The zero-order valence-electron chi connectivity index (χ0n) is 15.2. The van der Waals surface area contributed by atoms with Gasteiger partial charge in [-0.15, -0.1) is 0 Å². The molecule has 0 radical (unpaired) electrons. The van der Waals surface area contributed by atoms with Gasteiger partial charge in [-0.05, 0) is 49.7 Å². The molecule has 0 N–H and O–H groups in total. The van der Waals surface area contributed by atoms with Gasteiger partial charge in [-0.2, -0.15) is 0 Å². The van der Waals surface area contributed by atoms with Crippen LogP contribution in [0.1, 0.15) is 47.8 Å². The third kappa shape index (κ3) is 3.18. The number of aryl methyl sites for hydroxylation is 1. The molecule has 1 amide bonds. The molecule has 26 heavy (non-hydrogen) atoms. The minimum atomic E-state index is -0.401. The Morgan fingerprint density at radius 1 is 1.23 bits per heavy atom. The normalized spacial score (nSPS) is 19.4. The number of carbonyl (C=O) groups excluding carboxylic acids is 2. The first-order valence-electron chi connectivity index (χ1n) is 9.49. The molecule has 4 rings (SSSR count). The molecule has 2 aromatic rings. The lowest BCUT2D eigenvalue weighted by Crippen LogP contribution is -2.32. The molecular weight excluding hydrogens is 328 g/mol. The summed E-state index contributed by atoms with van der Waals surface area (Å²) in [5.41, 5.74) is 3.42. The van der Waals surface area contributed by atoms with Crippen LogP contribution < -0.4 is 0 Å². The van der Waals surface area contributed by atoms with Crippen LogP contribution in [0.25, 0.3) is 10.9 Å². The van der Waals surface area contributed by atoms with E-state index in [2.05, 4.69) is 6.92 Å². The Kier molecular flexibility index (Phi) is 4.62. The number of nitrogens with zero attached hydrogens (tertiary/aromatic N) is 2. The highest BCUT2D eigenvalue weighted by molar-refractivity contribution is 6.05. The van der Waals surface area contributed by atoms with E-state index < -0.39 is 5.97 Å². The van der Waals surface area contributed by atoms with Gasteiger partial charge in [0.05, 0.1) is 11.1 Å². The average molecular weight is 352 g/mol. The molecule has 1 aromatic carbocycles. The Labute approximate surface area is 153 Å². The smallest absolute Gasteiger partial charge is 0.339 e. The fraction of sp³-hybridized carbons (Fsp3) is 0.476. The fourth-order valence-electron chi connectivity index (χ4n) is 4.05. The van der Waals surface area contributed by atoms with E-state index in [1.54, 1.807) is 4.90 Å². The van der Waals surface area contributed by atoms with Crippen LogP contribution >= 0.6 is 0 Å². The van der Waals surface area contributed by atoms with Crippen molar-refractivity contribution in [3.05, 3.63) is 41.1 Å². The van der Waals surface area contributed by atoms with Gasteiger partial charge in [0.25, 0.3) is 5.91 Å². The number of fused-ring (bicyclic) bond motifs is 2. The number of hydrogen-bond donors (Lipinski definition) is 0. The number of benzene rings is 1. The SMILES string of the molecule is C[C@@H]1CCc2nc3ccccc3c(C(=O)OCC(=O)N3CCCC3)c2C1. The first kappa shape index (κ1) is 17.0. The van der Waals surface area contributed by atoms with Crippen molar-refractivity contribution in [2.24, 2.45) is 5.92 Å². The van der Waals surface area contributed by atoms with Gasteiger partial charge in [-0.1, -0.05) is 25.1 Å². The van der Waals surface area contributed by atoms with Crippen LogP contribution in [-0.2, 0) is 22.4 Å². The van der Waals surface area contributed by atoms with Crippen molar-refractivity contribution in [3.63, 3.8) is 0 Å². The third-order valence-electron chi connectivity index (χ3n) is 5.50. The van der Waals surface area contributed by atoms with Crippen molar-refractivity contribution < 1.29 is 14.3 Å². The molecular formula is C21H24N2O3. The van der Waals surface area contributed by atoms with Crippen molar-refractivity contribution in [2.75, 3.05) is 19.7 Å². The van der Waals surface area contributed by atoms with Gasteiger partial charge in [0.2, 0.25) is 0 Å². The zero-order chi connectivity index (χ0) is 18.1. The minimum Gasteiger partial charge on any atom is -0.452 e. The van der Waals surface area contributed by atoms with Crippen molar-refractivity contribution in [3.8, 4) is 0 Å². The van der Waals surface area contributed by atoms with Crippen LogP contribution in [0, 0.1) is 5.92 Å². The van der Waals surface area contributed by atoms with Gasteiger partial charge in [-0.25, -0.2) is 4.79 Å². The lowest BCUT2D eigenvalue weighted by Gasteiger charge is -2.24. The molecule has 1 aliphatic carbocycles. The van der Waals surface area contributed by atoms with E-state index in [-0.39, 0.29) is 12.5 Å². The summed E-state index contributed by atoms with van der Waals surface area (Å²) < 4.78 is 5.45. The lowest BCUT2D eigenvalue weighted by molar-refractivity contribution is -0.133. The van der Waals surface area contributed by atoms with Gasteiger partial charge in [-0.3, -0.25) is 9.78 Å². The summed E-state index contributed by atoms with van der Waals surface area (Å²) in [5, 5.41) is 0.818. The average Bonchev–Trinajstić information content (AvgIpc) is 3.19. The standard InChI is InChI=1S/C21H24N2O3/c1-14-8-9-18-16(12-14)20(15-6-2-3-7-17(15)22-18)21(25)26-13-19(24)23-10-4-5-11-23/h2-3,6-7,14H,4-5,8-13H2,1H3/t14-/m1/s1. The molecule has 1 aromatic heterocycles. The second-order valence-corrected chi connectivity index (χ2v) is 7.44. The predicted octanol–water partition coefficient (Wildman–Crippen LogP) is 3.14. The molecule has 0 bridgehead atoms. The van der Waals surface area contributed by atoms with Gasteiger partial charge < -0.3 is 9.64 Å². The lowest BCUT2D eigenvalue weighted by atomic mass is 9.84. The van der Waals surface area contributed by atoms with E-state index in [0.717, 1.165) is 67.4 Å². The number of esters is 1. The maximum atomic E-state index is 12.9. The maximum Gasteiger partial charge on any atom is 0.339 e. The summed E-state index contributed by atoms with van der Waals surface area (Å²) in [4.78, 5) is 31.7. The molecule has 0 unspecified atom stereocenters. The molecule has 1 saturated heterocycles. The van der Waals surface area contributed by atoms with Gasteiger partial charge in [0.1, 0.15) is 0 Å². The summed E-state index contributed by atoms with van der Waals surface area (Å²) in [6.45, 7) is 3.55. The molecule has 136 valence electrons. The third-order valence-corrected chi connectivity index (χ3v) is 5.50. The van der Waals surface area contributed by atoms with Crippen LogP contribution in [-0.4, -0.2) is 41.5 Å². The topological polar surface area (TPSA) is 59.5 Å². The molecule has 5 nitrogen and oxygen atoms in total. The van der Waals surface area contributed by atoms with Crippen molar-refractivity contribution >= 4 is 22.8 Å². The highest BCUT2D eigenvalue weighted by Crippen LogP contribution is 2.32. The van der Waals surface area contributed by atoms with E-state index >= 15 is 0 Å². The van der Waals surface area contributed by atoms with Crippen LogP contribution in [0.3, 0.4) is 0 Å². The van der Waals surface area contributed by atoms with E-state index in [1.165, 1.54) is 0 Å². The van der Waals surface area contributed by atoms with E-state index in [1.807, 2.05) is 24.3 Å². The molecule has 1 aliphatic heterocycles. The predicted molar refractivity (Wildman–Crippen MR) is 99.0 cm³/mol. The van der Waals surface area contributed by atoms with Crippen molar-refractivity contribution in [2.45, 2.75) is 39.0 Å². The van der Waals surface area contributed by atoms with Crippen LogP contribution in [0.4, 0.5) is 0 Å². The summed E-state index contributed by atoms with van der Waals surface area (Å²) in [6.07, 6.45) is 4.85. The van der Waals surface area contributed by atoms with E-state index in [0.29, 0.717) is 11.5 Å². The maximum absolute atomic E-state index is 12.9. The Balaban J connectivity index is 1.64. The number of pyridine rings is 1. The number of hydrogen-bond acceptors (Lipinski definition) is 4. The van der Waals surface area contributed by atoms with Crippen molar-refractivity contribution in [1.82, 2.24) is 9.88 Å². The summed E-state index contributed by atoms with van der Waals surface area (Å²) in [5.74, 6) is 0.0150. The van der Waals surface area contributed by atoms with E-state index in [9.17, 15) is 9.59 Å². The zero-order valence-corrected chi connectivity index (χ0v) is 15.2. The fourth-order valence-corrected chi connectivity index (χ4v) is 4.05. The minimum absolute atomic E-state index is 0.101. The Hall–Kier alpha value is -2.43. The number of carbonyl (C=O) groups is 2. The highest BCUT2D eigenvalue weighted by atomic mass is 16.5. The second kappa shape index (κ2) is 7.06. The number of aromatic nitrogens is 1. The Morgan fingerprint density at radius 2 is 2.00 bits per heavy atom. The van der Waals surface area contributed by atoms with Crippen LogP contribution in [0.2, 0.25) is 0 Å². The molecule has 0 spiro atoms. The molecule has 2 heterocycles. The molecule has 0 saturated carbocycles. The Bertz CT molecular complexity index is 856. The highest BCUT2D eigenvalue weighted by Gasteiger charge is 2.27. The summed E-state index contributed by atoms with van der Waals surface area (Å²) in [6, 6.07) is 7.69. The molecule has 5 heteroatoms. The van der Waals surface area contributed by atoms with Crippen molar-refractivity contribution in [1.29, 1.82) is 0 Å². The van der Waals surface area contributed by atoms with Gasteiger partial charge >= 0.3 is 5.97 Å². The van der Waals surface area contributed by atoms with E-state index in [4.69, 9.17) is 9.72 Å². The van der Waals surface area contributed by atoms with Gasteiger partial charge in [0, 0.05) is 24.2 Å². The number of rotatable bonds is 3. The van der Waals surface area contributed by atoms with Crippen LogP contribution in [0.15, 0.2) is 24.3 Å². The summed E-state index contributed by atoms with van der Waals surface area (Å²) >= 11 is 0.